The van der Waals surface area contributed by atoms with Crippen molar-refractivity contribution in [2.75, 3.05) is 5.32 Å². The fraction of sp³-hybridized carbons (Fsp3) is 0.150. The van der Waals surface area contributed by atoms with E-state index in [-0.39, 0.29) is 11.3 Å². The van der Waals surface area contributed by atoms with E-state index in [4.69, 9.17) is 0 Å². The maximum Gasteiger partial charge on any atom is 0.237 e. The Morgan fingerprint density at radius 2 is 1.93 bits per heavy atom. The van der Waals surface area contributed by atoms with Crippen molar-refractivity contribution < 1.29 is 18.0 Å². The van der Waals surface area contributed by atoms with E-state index in [9.17, 15) is 18.0 Å². The van der Waals surface area contributed by atoms with Gasteiger partial charge in [-0.25, -0.2) is 13.2 Å². The molecule has 0 saturated carbocycles. The molecule has 1 heterocycles. The number of carbonyl (C=O) groups excluding carboxylic acids is 1. The molecule has 1 atom stereocenters. The monoisotopic (exact) mass is 418 g/mol. The van der Waals surface area contributed by atoms with Gasteiger partial charge in [-0.15, -0.1) is 16.8 Å². The van der Waals surface area contributed by atoms with Crippen molar-refractivity contribution in [3.05, 3.63) is 72.6 Å². The molecule has 0 saturated heterocycles. The summed E-state index contributed by atoms with van der Waals surface area (Å²) in [6, 6.07) is 9.29. The molecule has 0 fully saturated rings. The first-order valence-corrected chi connectivity index (χ1v) is 9.50. The summed E-state index contributed by atoms with van der Waals surface area (Å²) in [7, 11) is 0. The number of thioether (sulfide) groups is 1. The van der Waals surface area contributed by atoms with Crippen LogP contribution in [-0.4, -0.2) is 25.9 Å². The molecule has 0 bridgehead atoms. The Bertz CT molecular complexity index is 1050. The van der Waals surface area contributed by atoms with E-state index in [0.29, 0.717) is 17.5 Å². The Morgan fingerprint density at radius 3 is 2.62 bits per heavy atom. The summed E-state index contributed by atoms with van der Waals surface area (Å²) >= 11 is 1.11. The van der Waals surface area contributed by atoms with Crippen LogP contribution in [0.2, 0.25) is 0 Å². The predicted molar refractivity (Wildman–Crippen MR) is 106 cm³/mol. The zero-order valence-electron chi connectivity index (χ0n) is 15.4. The van der Waals surface area contributed by atoms with Crippen LogP contribution in [0.5, 0.6) is 0 Å². The lowest BCUT2D eigenvalue weighted by Gasteiger charge is -2.13. The number of carbonyl (C=O) groups is 1. The van der Waals surface area contributed by atoms with Crippen LogP contribution in [0.1, 0.15) is 6.92 Å². The molecule has 1 unspecified atom stereocenters. The molecule has 3 rings (SSSR count). The van der Waals surface area contributed by atoms with Gasteiger partial charge in [0.25, 0.3) is 0 Å². The number of nitrogens with zero attached hydrogens (tertiary/aromatic N) is 3. The van der Waals surface area contributed by atoms with Crippen LogP contribution < -0.4 is 5.32 Å². The van der Waals surface area contributed by atoms with Gasteiger partial charge >= 0.3 is 0 Å². The number of hydrogen-bond acceptors (Lipinski definition) is 4. The molecule has 0 aliphatic carbocycles. The molecule has 5 nitrogen and oxygen atoms in total. The summed E-state index contributed by atoms with van der Waals surface area (Å²) in [6.45, 7) is 5.64. The lowest BCUT2D eigenvalue weighted by molar-refractivity contribution is -0.115. The lowest BCUT2D eigenvalue weighted by Crippen LogP contribution is -2.23. The summed E-state index contributed by atoms with van der Waals surface area (Å²) in [6.07, 6.45) is 1.61. The quantitative estimate of drug-likeness (QED) is 0.448. The predicted octanol–water partition coefficient (Wildman–Crippen LogP) is 4.67. The number of allylic oxidation sites excluding steroid dienone is 1. The highest BCUT2D eigenvalue weighted by atomic mass is 32.2. The molecule has 1 amide bonds. The van der Waals surface area contributed by atoms with Gasteiger partial charge in [-0.2, -0.15) is 0 Å². The van der Waals surface area contributed by atoms with Crippen LogP contribution in [0.4, 0.5) is 18.9 Å². The topological polar surface area (TPSA) is 59.8 Å². The SMILES string of the molecule is C=CCn1c(SC(C)C(=O)Nc2ccc(F)c(F)c2)nnc1-c1ccccc1F. The van der Waals surface area contributed by atoms with Gasteiger partial charge in [0.1, 0.15) is 5.82 Å². The average molecular weight is 418 g/mol. The summed E-state index contributed by atoms with van der Waals surface area (Å²) in [5.41, 5.74) is 0.425. The largest absolute Gasteiger partial charge is 0.325 e. The molecule has 1 aromatic heterocycles. The molecule has 1 N–H and O–H groups in total. The van der Waals surface area contributed by atoms with Crippen LogP contribution in [-0.2, 0) is 11.3 Å². The Hall–Kier alpha value is -3.07. The average Bonchev–Trinajstić information content (AvgIpc) is 3.07. The minimum atomic E-state index is -1.05. The number of amides is 1. The molecule has 3 aromatic rings. The van der Waals surface area contributed by atoms with E-state index in [1.54, 1.807) is 35.8 Å². The minimum absolute atomic E-state index is 0.140. The first-order valence-electron chi connectivity index (χ1n) is 8.62. The number of rotatable bonds is 7. The van der Waals surface area contributed by atoms with Gasteiger partial charge in [-0.3, -0.25) is 9.36 Å². The first kappa shape index (κ1) is 20.7. The fourth-order valence-electron chi connectivity index (χ4n) is 2.54. The van der Waals surface area contributed by atoms with Gasteiger partial charge in [0, 0.05) is 18.3 Å². The van der Waals surface area contributed by atoms with Gasteiger partial charge < -0.3 is 5.32 Å². The van der Waals surface area contributed by atoms with Gasteiger partial charge in [-0.1, -0.05) is 30.0 Å². The second-order valence-corrected chi connectivity index (χ2v) is 7.37. The molecule has 9 heteroatoms. The van der Waals surface area contributed by atoms with Crippen LogP contribution in [0.15, 0.2) is 60.3 Å². The second-order valence-electron chi connectivity index (χ2n) is 6.06. The van der Waals surface area contributed by atoms with Gasteiger partial charge in [0.05, 0.1) is 10.8 Å². The number of benzene rings is 2. The third-order valence-electron chi connectivity index (χ3n) is 3.98. The van der Waals surface area contributed by atoms with Crippen molar-refractivity contribution in [2.45, 2.75) is 23.9 Å². The Morgan fingerprint density at radius 1 is 1.17 bits per heavy atom. The Balaban J connectivity index is 1.80. The summed E-state index contributed by atoms with van der Waals surface area (Å²) in [5.74, 6) is -2.60. The molecule has 0 radical (unpaired) electrons. The maximum atomic E-state index is 14.2. The normalized spacial score (nSPS) is 11.9. The third kappa shape index (κ3) is 4.68. The zero-order valence-corrected chi connectivity index (χ0v) is 16.2. The molecule has 29 heavy (non-hydrogen) atoms. The Kier molecular flexibility index (Phi) is 6.38. The zero-order chi connectivity index (χ0) is 21.0. The fourth-order valence-corrected chi connectivity index (χ4v) is 3.40. The molecule has 0 aliphatic rings. The smallest absolute Gasteiger partial charge is 0.237 e. The summed E-state index contributed by atoms with van der Waals surface area (Å²) in [4.78, 5) is 12.4. The van der Waals surface area contributed by atoms with E-state index in [1.165, 1.54) is 12.1 Å². The Labute approximate surface area is 169 Å². The molecule has 0 spiro atoms. The number of anilines is 1. The molecule has 2 aromatic carbocycles. The lowest BCUT2D eigenvalue weighted by atomic mass is 10.2. The van der Waals surface area contributed by atoms with Crippen LogP contribution >= 0.6 is 11.8 Å². The van der Waals surface area contributed by atoms with Crippen molar-refractivity contribution in [1.29, 1.82) is 0 Å². The van der Waals surface area contributed by atoms with E-state index in [1.807, 2.05) is 0 Å². The van der Waals surface area contributed by atoms with E-state index >= 15 is 0 Å². The van der Waals surface area contributed by atoms with Crippen molar-refractivity contribution >= 4 is 23.4 Å². The number of halogens is 3. The molecular weight excluding hydrogens is 401 g/mol. The number of aromatic nitrogens is 3. The highest BCUT2D eigenvalue weighted by Crippen LogP contribution is 2.28. The van der Waals surface area contributed by atoms with Crippen molar-refractivity contribution in [3.63, 3.8) is 0 Å². The van der Waals surface area contributed by atoms with Gasteiger partial charge in [0.2, 0.25) is 5.91 Å². The van der Waals surface area contributed by atoms with E-state index < -0.39 is 28.6 Å². The van der Waals surface area contributed by atoms with Crippen molar-refractivity contribution in [2.24, 2.45) is 0 Å². The van der Waals surface area contributed by atoms with Gasteiger partial charge in [0.15, 0.2) is 22.6 Å². The summed E-state index contributed by atoms with van der Waals surface area (Å²) in [5, 5.41) is 10.4. The number of nitrogens with one attached hydrogen (secondary N) is 1. The standard InChI is InChI=1S/C20H17F3N4OS/c1-3-10-27-18(14-6-4-5-7-15(14)21)25-26-20(27)29-12(2)19(28)24-13-8-9-16(22)17(23)11-13/h3-9,11-12H,1,10H2,2H3,(H,24,28). The molecule has 0 aliphatic heterocycles. The van der Waals surface area contributed by atoms with Crippen LogP contribution in [0.25, 0.3) is 11.4 Å². The third-order valence-corrected chi connectivity index (χ3v) is 5.06. The highest BCUT2D eigenvalue weighted by molar-refractivity contribution is 8.00. The summed E-state index contributed by atoms with van der Waals surface area (Å²) < 4.78 is 42.2. The van der Waals surface area contributed by atoms with Crippen LogP contribution in [0.3, 0.4) is 0 Å². The van der Waals surface area contributed by atoms with Gasteiger partial charge in [-0.05, 0) is 31.2 Å². The van der Waals surface area contributed by atoms with E-state index in [0.717, 1.165) is 23.9 Å². The number of hydrogen-bond donors (Lipinski definition) is 1. The minimum Gasteiger partial charge on any atom is -0.325 e. The maximum absolute atomic E-state index is 14.2. The molecular formula is C20H17F3N4OS. The van der Waals surface area contributed by atoms with Crippen molar-refractivity contribution in [1.82, 2.24) is 14.8 Å². The van der Waals surface area contributed by atoms with E-state index in [2.05, 4.69) is 22.1 Å². The first-order chi connectivity index (χ1) is 13.9. The van der Waals surface area contributed by atoms with Crippen molar-refractivity contribution in [3.8, 4) is 11.4 Å². The highest BCUT2D eigenvalue weighted by Gasteiger charge is 2.22. The van der Waals surface area contributed by atoms with Crippen LogP contribution in [0, 0.1) is 17.5 Å². The second kappa shape index (κ2) is 8.95. The molecule has 150 valence electrons.